The highest BCUT2D eigenvalue weighted by atomic mass is 79.9. The standard InChI is InChI=1S/C12H16BrClFN/c1-2-16(7-3-6-13)9-10-4-5-11(14)12(15)8-10/h4-5,8H,2-3,6-7,9H2,1H3. The van der Waals surface area contributed by atoms with Crippen LogP contribution in [0.15, 0.2) is 18.2 Å². The van der Waals surface area contributed by atoms with Crippen molar-refractivity contribution in [1.82, 2.24) is 4.90 Å². The third kappa shape index (κ3) is 4.40. The Hall–Kier alpha value is -0.120. The van der Waals surface area contributed by atoms with E-state index in [9.17, 15) is 4.39 Å². The minimum absolute atomic E-state index is 0.187. The second kappa shape index (κ2) is 7.25. The van der Waals surface area contributed by atoms with Crippen LogP contribution in [-0.4, -0.2) is 23.3 Å². The van der Waals surface area contributed by atoms with E-state index in [1.54, 1.807) is 6.07 Å². The minimum Gasteiger partial charge on any atom is -0.299 e. The van der Waals surface area contributed by atoms with E-state index >= 15 is 0 Å². The lowest BCUT2D eigenvalue weighted by molar-refractivity contribution is 0.281. The molecule has 1 aromatic carbocycles. The normalized spacial score (nSPS) is 11.1. The Labute approximate surface area is 110 Å². The Bertz CT molecular complexity index is 333. The summed E-state index contributed by atoms with van der Waals surface area (Å²) in [5.41, 5.74) is 0.971. The Balaban J connectivity index is 2.59. The molecule has 1 nitrogen and oxygen atoms in total. The van der Waals surface area contributed by atoms with Crippen molar-refractivity contribution in [3.63, 3.8) is 0 Å². The molecule has 0 saturated heterocycles. The Morgan fingerprint density at radius 1 is 1.44 bits per heavy atom. The predicted molar refractivity (Wildman–Crippen MR) is 70.8 cm³/mol. The average molecular weight is 309 g/mol. The quantitative estimate of drug-likeness (QED) is 0.716. The zero-order valence-electron chi connectivity index (χ0n) is 9.35. The fourth-order valence-electron chi connectivity index (χ4n) is 1.53. The number of alkyl halides is 1. The van der Waals surface area contributed by atoms with Crippen LogP contribution in [-0.2, 0) is 6.54 Å². The Morgan fingerprint density at radius 3 is 2.75 bits per heavy atom. The second-order valence-corrected chi connectivity index (χ2v) is 4.86. The molecule has 0 aliphatic carbocycles. The molecule has 1 aromatic rings. The van der Waals surface area contributed by atoms with Gasteiger partial charge in [-0.15, -0.1) is 0 Å². The number of benzene rings is 1. The van der Waals surface area contributed by atoms with Gasteiger partial charge in [0.2, 0.25) is 0 Å². The highest BCUT2D eigenvalue weighted by molar-refractivity contribution is 9.09. The van der Waals surface area contributed by atoms with Gasteiger partial charge in [-0.3, -0.25) is 4.90 Å². The molecule has 0 N–H and O–H groups in total. The third-order valence-electron chi connectivity index (χ3n) is 2.45. The fourth-order valence-corrected chi connectivity index (χ4v) is 1.90. The smallest absolute Gasteiger partial charge is 0.142 e. The molecule has 90 valence electrons. The van der Waals surface area contributed by atoms with E-state index < -0.39 is 0 Å². The van der Waals surface area contributed by atoms with Crippen LogP contribution in [0.1, 0.15) is 18.9 Å². The van der Waals surface area contributed by atoms with Gasteiger partial charge in [-0.2, -0.15) is 0 Å². The average Bonchev–Trinajstić information content (AvgIpc) is 2.29. The summed E-state index contributed by atoms with van der Waals surface area (Å²) in [4.78, 5) is 2.28. The molecule has 0 fully saturated rings. The predicted octanol–water partition coefficient (Wildman–Crippen LogP) is 4.09. The van der Waals surface area contributed by atoms with E-state index in [-0.39, 0.29) is 10.8 Å². The van der Waals surface area contributed by atoms with Crippen molar-refractivity contribution in [3.8, 4) is 0 Å². The van der Waals surface area contributed by atoms with Crippen LogP contribution in [0, 0.1) is 5.82 Å². The molecule has 0 bridgehead atoms. The van der Waals surface area contributed by atoms with Crippen molar-refractivity contribution in [2.45, 2.75) is 19.9 Å². The third-order valence-corrected chi connectivity index (χ3v) is 3.31. The van der Waals surface area contributed by atoms with Crippen LogP contribution >= 0.6 is 27.5 Å². The molecule has 0 heterocycles. The first-order chi connectivity index (χ1) is 7.67. The maximum atomic E-state index is 13.2. The van der Waals surface area contributed by atoms with Crippen molar-refractivity contribution >= 4 is 27.5 Å². The first-order valence-corrected chi connectivity index (χ1v) is 6.89. The molecule has 0 aromatic heterocycles. The number of halogens is 3. The summed E-state index contributed by atoms with van der Waals surface area (Å²) >= 11 is 9.05. The molecule has 0 saturated carbocycles. The summed E-state index contributed by atoms with van der Waals surface area (Å²) in [7, 11) is 0. The molecule has 0 atom stereocenters. The van der Waals surface area contributed by atoms with Gasteiger partial charge in [0.1, 0.15) is 5.82 Å². The zero-order valence-corrected chi connectivity index (χ0v) is 11.7. The minimum atomic E-state index is -0.337. The van der Waals surface area contributed by atoms with Crippen LogP contribution in [0.5, 0.6) is 0 Å². The van der Waals surface area contributed by atoms with Gasteiger partial charge in [-0.05, 0) is 37.2 Å². The maximum absolute atomic E-state index is 13.2. The van der Waals surface area contributed by atoms with Crippen molar-refractivity contribution < 1.29 is 4.39 Å². The molecule has 16 heavy (non-hydrogen) atoms. The number of nitrogens with zero attached hydrogens (tertiary/aromatic N) is 1. The molecular weight excluding hydrogens is 292 g/mol. The Kier molecular flexibility index (Phi) is 6.32. The summed E-state index contributed by atoms with van der Waals surface area (Å²) in [5, 5.41) is 1.19. The van der Waals surface area contributed by atoms with Crippen molar-refractivity contribution in [2.75, 3.05) is 18.4 Å². The fraction of sp³-hybridized carbons (Fsp3) is 0.500. The summed E-state index contributed by atoms with van der Waals surface area (Å²) in [6, 6.07) is 5.01. The molecule has 0 aliphatic rings. The second-order valence-electron chi connectivity index (χ2n) is 3.66. The molecule has 1 rings (SSSR count). The summed E-state index contributed by atoms with van der Waals surface area (Å²) in [5.74, 6) is -0.337. The number of rotatable bonds is 6. The van der Waals surface area contributed by atoms with E-state index in [1.165, 1.54) is 6.07 Å². The van der Waals surface area contributed by atoms with Crippen LogP contribution in [0.4, 0.5) is 4.39 Å². The number of hydrogen-bond acceptors (Lipinski definition) is 1. The highest BCUT2D eigenvalue weighted by Gasteiger charge is 2.05. The van der Waals surface area contributed by atoms with E-state index in [1.807, 2.05) is 6.07 Å². The van der Waals surface area contributed by atoms with Crippen LogP contribution in [0.3, 0.4) is 0 Å². The van der Waals surface area contributed by atoms with Crippen molar-refractivity contribution in [3.05, 3.63) is 34.6 Å². The molecule has 0 spiro atoms. The molecule has 4 heteroatoms. The molecule has 0 radical (unpaired) electrons. The van der Waals surface area contributed by atoms with E-state index in [4.69, 9.17) is 11.6 Å². The van der Waals surface area contributed by atoms with E-state index in [0.29, 0.717) is 0 Å². The summed E-state index contributed by atoms with van der Waals surface area (Å²) < 4.78 is 13.2. The highest BCUT2D eigenvalue weighted by Crippen LogP contribution is 2.16. The van der Waals surface area contributed by atoms with Gasteiger partial charge in [0.15, 0.2) is 0 Å². The largest absolute Gasteiger partial charge is 0.299 e. The van der Waals surface area contributed by atoms with Crippen LogP contribution in [0.2, 0.25) is 5.02 Å². The van der Waals surface area contributed by atoms with E-state index in [0.717, 1.165) is 36.9 Å². The lowest BCUT2D eigenvalue weighted by Crippen LogP contribution is -2.24. The van der Waals surface area contributed by atoms with Crippen molar-refractivity contribution in [1.29, 1.82) is 0 Å². The molecule has 0 amide bonds. The van der Waals surface area contributed by atoms with Gasteiger partial charge >= 0.3 is 0 Å². The zero-order chi connectivity index (χ0) is 12.0. The van der Waals surface area contributed by atoms with Gasteiger partial charge in [-0.25, -0.2) is 4.39 Å². The molecule has 0 aliphatic heterocycles. The first kappa shape index (κ1) is 13.9. The monoisotopic (exact) mass is 307 g/mol. The van der Waals surface area contributed by atoms with Crippen LogP contribution < -0.4 is 0 Å². The lowest BCUT2D eigenvalue weighted by Gasteiger charge is -2.19. The van der Waals surface area contributed by atoms with Gasteiger partial charge in [-0.1, -0.05) is 40.5 Å². The van der Waals surface area contributed by atoms with Gasteiger partial charge in [0, 0.05) is 11.9 Å². The van der Waals surface area contributed by atoms with Gasteiger partial charge < -0.3 is 0 Å². The SMILES string of the molecule is CCN(CCCBr)Cc1ccc(Cl)c(F)c1. The van der Waals surface area contributed by atoms with Crippen LogP contribution in [0.25, 0.3) is 0 Å². The Morgan fingerprint density at radius 2 is 2.19 bits per heavy atom. The number of hydrogen-bond donors (Lipinski definition) is 0. The first-order valence-electron chi connectivity index (χ1n) is 5.39. The van der Waals surface area contributed by atoms with E-state index in [2.05, 4.69) is 27.8 Å². The molecule has 0 unspecified atom stereocenters. The maximum Gasteiger partial charge on any atom is 0.142 e. The summed E-state index contributed by atoms with van der Waals surface area (Å²) in [6.07, 6.45) is 1.10. The lowest BCUT2D eigenvalue weighted by atomic mass is 10.2. The molecular formula is C12H16BrClFN. The topological polar surface area (TPSA) is 3.24 Å². The van der Waals surface area contributed by atoms with Gasteiger partial charge in [0.05, 0.1) is 5.02 Å². The van der Waals surface area contributed by atoms with Crippen molar-refractivity contribution in [2.24, 2.45) is 0 Å². The summed E-state index contributed by atoms with van der Waals surface area (Å²) in [6.45, 7) is 4.88. The van der Waals surface area contributed by atoms with Gasteiger partial charge in [0.25, 0.3) is 0 Å².